The van der Waals surface area contributed by atoms with Gasteiger partial charge in [-0.05, 0) is 43.2 Å². The zero-order valence-corrected chi connectivity index (χ0v) is 13.4. The van der Waals surface area contributed by atoms with Crippen molar-refractivity contribution in [2.45, 2.75) is 52.0 Å². The third-order valence-electron chi connectivity index (χ3n) is 3.86. The quantitative estimate of drug-likeness (QED) is 0.262. The van der Waals surface area contributed by atoms with E-state index < -0.39 is 6.04 Å². The number of nitrogens with one attached hydrogen (secondary N) is 1. The predicted molar refractivity (Wildman–Crippen MR) is 85.1 cm³/mol. The molecule has 1 aliphatic carbocycles. The fourth-order valence-corrected chi connectivity index (χ4v) is 3.79. The number of hydrogen-bond acceptors (Lipinski definition) is 4. The Morgan fingerprint density at radius 2 is 2.10 bits per heavy atom. The van der Waals surface area contributed by atoms with Gasteiger partial charge in [0.05, 0.1) is 10.9 Å². The monoisotopic (exact) mass is 309 g/mol. The molecule has 1 aromatic heterocycles. The highest BCUT2D eigenvalue weighted by Crippen LogP contribution is 2.29. The normalized spacial score (nSPS) is 17.2. The summed E-state index contributed by atoms with van der Waals surface area (Å²) in [5.41, 5.74) is 6.96. The highest BCUT2D eigenvalue weighted by molar-refractivity contribution is 7.14. The SMILES string of the molecule is CC(C)C(NC(=O)c1cc2c(s1)CCCCC2)C(N)=NO. The Bertz CT molecular complexity index is 514. The molecule has 0 bridgehead atoms. The summed E-state index contributed by atoms with van der Waals surface area (Å²) in [6, 6.07) is 1.55. The molecule has 0 spiro atoms. The molecule has 1 heterocycles. The number of carbonyl (C=O) groups is 1. The Morgan fingerprint density at radius 3 is 2.76 bits per heavy atom. The van der Waals surface area contributed by atoms with Crippen LogP contribution >= 0.6 is 11.3 Å². The average Bonchev–Trinajstić information content (AvgIpc) is 2.74. The van der Waals surface area contributed by atoms with Gasteiger partial charge in [0.25, 0.3) is 5.91 Å². The van der Waals surface area contributed by atoms with Crippen molar-refractivity contribution in [2.24, 2.45) is 16.8 Å². The summed E-state index contributed by atoms with van der Waals surface area (Å²) in [4.78, 5) is 14.4. The minimum absolute atomic E-state index is 0.0384. The van der Waals surface area contributed by atoms with Gasteiger partial charge in [-0.1, -0.05) is 25.4 Å². The smallest absolute Gasteiger partial charge is 0.261 e. The van der Waals surface area contributed by atoms with E-state index in [9.17, 15) is 4.79 Å². The first-order chi connectivity index (χ1) is 10.0. The summed E-state index contributed by atoms with van der Waals surface area (Å²) in [5.74, 6) is -0.0440. The van der Waals surface area contributed by atoms with Crippen molar-refractivity contribution < 1.29 is 10.0 Å². The number of oxime groups is 1. The Morgan fingerprint density at radius 1 is 1.38 bits per heavy atom. The molecule has 21 heavy (non-hydrogen) atoms. The molecular weight excluding hydrogens is 286 g/mol. The maximum absolute atomic E-state index is 12.4. The Balaban J connectivity index is 2.13. The summed E-state index contributed by atoms with van der Waals surface area (Å²) in [7, 11) is 0. The van der Waals surface area contributed by atoms with Crippen LogP contribution in [0.5, 0.6) is 0 Å². The number of nitrogens with two attached hydrogens (primary N) is 1. The maximum Gasteiger partial charge on any atom is 0.261 e. The van der Waals surface area contributed by atoms with Gasteiger partial charge in [0.15, 0.2) is 5.84 Å². The molecule has 0 saturated carbocycles. The first-order valence-electron chi connectivity index (χ1n) is 7.42. The zero-order valence-electron chi connectivity index (χ0n) is 12.6. The Labute approximate surface area is 129 Å². The van der Waals surface area contributed by atoms with Crippen molar-refractivity contribution in [3.63, 3.8) is 0 Å². The van der Waals surface area contributed by atoms with Crippen molar-refractivity contribution in [2.75, 3.05) is 0 Å². The molecule has 1 unspecified atom stereocenters. The first kappa shape index (κ1) is 15.8. The van der Waals surface area contributed by atoms with Crippen molar-refractivity contribution in [3.8, 4) is 0 Å². The lowest BCUT2D eigenvalue weighted by Gasteiger charge is -2.20. The van der Waals surface area contributed by atoms with Gasteiger partial charge in [0.1, 0.15) is 0 Å². The van der Waals surface area contributed by atoms with Crippen LogP contribution in [0.4, 0.5) is 0 Å². The Hall–Kier alpha value is -1.56. The second kappa shape index (κ2) is 6.93. The molecule has 6 heteroatoms. The molecule has 2 rings (SSSR count). The molecule has 4 N–H and O–H groups in total. The number of thiophene rings is 1. The first-order valence-corrected chi connectivity index (χ1v) is 8.24. The molecule has 0 radical (unpaired) electrons. The van der Waals surface area contributed by atoms with Crippen LogP contribution in [-0.2, 0) is 12.8 Å². The van der Waals surface area contributed by atoms with Crippen LogP contribution in [0.25, 0.3) is 0 Å². The Kier molecular flexibility index (Phi) is 5.22. The molecule has 1 amide bonds. The fourth-order valence-electron chi connectivity index (χ4n) is 2.64. The summed E-state index contributed by atoms with van der Waals surface area (Å²) in [5, 5.41) is 14.7. The fraction of sp³-hybridized carbons (Fsp3) is 0.600. The van der Waals surface area contributed by atoms with Gasteiger partial charge in [0.2, 0.25) is 0 Å². The van der Waals surface area contributed by atoms with Gasteiger partial charge in [-0.3, -0.25) is 4.79 Å². The van der Waals surface area contributed by atoms with Crippen molar-refractivity contribution in [3.05, 3.63) is 21.4 Å². The second-order valence-electron chi connectivity index (χ2n) is 5.84. The number of aryl methyl sites for hydroxylation is 2. The van der Waals surface area contributed by atoms with Gasteiger partial charge in [-0.2, -0.15) is 0 Å². The van der Waals surface area contributed by atoms with Crippen LogP contribution < -0.4 is 11.1 Å². The summed E-state index contributed by atoms with van der Waals surface area (Å²) >= 11 is 1.57. The lowest BCUT2D eigenvalue weighted by atomic mass is 10.0. The van der Waals surface area contributed by atoms with Crippen LogP contribution in [-0.4, -0.2) is 23.0 Å². The number of amidine groups is 1. The van der Waals surface area contributed by atoms with E-state index in [2.05, 4.69) is 10.5 Å². The molecule has 1 aliphatic rings. The van der Waals surface area contributed by atoms with Crippen molar-refractivity contribution >= 4 is 23.1 Å². The van der Waals surface area contributed by atoms with E-state index in [4.69, 9.17) is 10.9 Å². The predicted octanol–water partition coefficient (Wildman–Crippen LogP) is 2.52. The second-order valence-corrected chi connectivity index (χ2v) is 6.98. The van der Waals surface area contributed by atoms with Crippen molar-refractivity contribution in [1.29, 1.82) is 0 Å². The van der Waals surface area contributed by atoms with E-state index in [1.165, 1.54) is 29.7 Å². The summed E-state index contributed by atoms with van der Waals surface area (Å²) in [6.45, 7) is 3.85. The highest BCUT2D eigenvalue weighted by atomic mass is 32.1. The lowest BCUT2D eigenvalue weighted by molar-refractivity contribution is 0.0943. The van der Waals surface area contributed by atoms with Crippen LogP contribution in [0.15, 0.2) is 11.2 Å². The molecule has 0 aliphatic heterocycles. The molecule has 0 aromatic carbocycles. The number of amides is 1. The summed E-state index contributed by atoms with van der Waals surface area (Å²) < 4.78 is 0. The molecule has 116 valence electrons. The van der Waals surface area contributed by atoms with Gasteiger partial charge >= 0.3 is 0 Å². The van der Waals surface area contributed by atoms with E-state index in [1.54, 1.807) is 11.3 Å². The largest absolute Gasteiger partial charge is 0.409 e. The van der Waals surface area contributed by atoms with Gasteiger partial charge in [-0.15, -0.1) is 11.3 Å². The molecular formula is C15H23N3O2S. The van der Waals surface area contributed by atoms with Crippen LogP contribution in [0.2, 0.25) is 0 Å². The van der Waals surface area contributed by atoms with Gasteiger partial charge in [0, 0.05) is 4.88 Å². The number of fused-ring (bicyclic) bond motifs is 1. The minimum Gasteiger partial charge on any atom is -0.409 e. The van der Waals surface area contributed by atoms with E-state index in [0.717, 1.165) is 17.7 Å². The van der Waals surface area contributed by atoms with Crippen molar-refractivity contribution in [1.82, 2.24) is 5.32 Å². The molecule has 0 saturated heterocycles. The van der Waals surface area contributed by atoms with Crippen LogP contribution in [0.1, 0.15) is 53.2 Å². The maximum atomic E-state index is 12.4. The molecule has 1 atom stereocenters. The van der Waals surface area contributed by atoms with Gasteiger partial charge < -0.3 is 16.3 Å². The summed E-state index contributed by atoms with van der Waals surface area (Å²) in [6.07, 6.45) is 5.80. The van der Waals surface area contributed by atoms with Crippen LogP contribution in [0.3, 0.4) is 0 Å². The molecule has 1 aromatic rings. The number of nitrogens with zero attached hydrogens (tertiary/aromatic N) is 1. The highest BCUT2D eigenvalue weighted by Gasteiger charge is 2.23. The topological polar surface area (TPSA) is 87.7 Å². The van der Waals surface area contributed by atoms with Gasteiger partial charge in [-0.25, -0.2) is 0 Å². The number of carbonyl (C=O) groups excluding carboxylic acids is 1. The average molecular weight is 309 g/mol. The van der Waals surface area contributed by atoms with E-state index in [0.29, 0.717) is 0 Å². The number of rotatable bonds is 4. The van der Waals surface area contributed by atoms with E-state index >= 15 is 0 Å². The van der Waals surface area contributed by atoms with E-state index in [1.807, 2.05) is 19.9 Å². The third-order valence-corrected chi connectivity index (χ3v) is 5.09. The van der Waals surface area contributed by atoms with E-state index in [-0.39, 0.29) is 17.7 Å². The third kappa shape index (κ3) is 3.75. The molecule has 0 fully saturated rings. The number of hydrogen-bond donors (Lipinski definition) is 3. The molecule has 5 nitrogen and oxygen atoms in total. The minimum atomic E-state index is -0.454. The van der Waals surface area contributed by atoms with Crippen LogP contribution in [0, 0.1) is 5.92 Å². The lowest BCUT2D eigenvalue weighted by Crippen LogP contribution is -2.47. The standard InChI is InChI=1S/C15H23N3O2S/c1-9(2)13(14(16)18-20)17-15(19)12-8-10-6-4-3-5-7-11(10)21-12/h8-9,13,20H,3-7H2,1-2H3,(H2,16,18)(H,17,19). The zero-order chi connectivity index (χ0) is 15.4.